The minimum atomic E-state index is -0.00839. The second-order valence-electron chi connectivity index (χ2n) is 5.87. The number of aromatic nitrogens is 1. The molecule has 0 fully saturated rings. The molecule has 0 unspecified atom stereocenters. The van der Waals surface area contributed by atoms with Crippen LogP contribution < -0.4 is 4.74 Å². The van der Waals surface area contributed by atoms with Gasteiger partial charge in [0.05, 0.1) is 12.2 Å². The Morgan fingerprint density at radius 1 is 1.23 bits per heavy atom. The predicted octanol–water partition coefficient (Wildman–Crippen LogP) is 3.13. The second kappa shape index (κ2) is 6.18. The largest absolute Gasteiger partial charge is 0.484 e. The van der Waals surface area contributed by atoms with E-state index < -0.39 is 0 Å². The van der Waals surface area contributed by atoms with Crippen molar-refractivity contribution >= 4 is 5.91 Å². The van der Waals surface area contributed by atoms with Gasteiger partial charge in [0.2, 0.25) is 0 Å². The molecule has 2 aromatic rings. The first-order valence-electron chi connectivity index (χ1n) is 7.57. The number of ether oxygens (including phenoxy) is 1. The zero-order chi connectivity index (χ0) is 15.5. The van der Waals surface area contributed by atoms with E-state index in [-0.39, 0.29) is 12.5 Å². The average molecular weight is 296 g/mol. The van der Waals surface area contributed by atoms with E-state index in [1.807, 2.05) is 36.4 Å². The number of carbonyl (C=O) groups is 1. The maximum Gasteiger partial charge on any atom is 0.261 e. The highest BCUT2D eigenvalue weighted by Gasteiger charge is 2.24. The van der Waals surface area contributed by atoms with E-state index in [1.165, 1.54) is 5.56 Å². The zero-order valence-corrected chi connectivity index (χ0v) is 13.0. The van der Waals surface area contributed by atoms with Gasteiger partial charge < -0.3 is 9.64 Å². The normalized spacial score (nSPS) is 13.3. The van der Waals surface area contributed by atoms with Crippen LogP contribution in [0.5, 0.6) is 5.75 Å². The summed E-state index contributed by atoms with van der Waals surface area (Å²) in [4.78, 5) is 18.3. The number of fused-ring (bicyclic) bond motifs is 1. The predicted molar refractivity (Wildman–Crippen MR) is 84.5 cm³/mol. The van der Waals surface area contributed by atoms with Crippen molar-refractivity contribution in [1.82, 2.24) is 9.88 Å². The highest BCUT2D eigenvalue weighted by atomic mass is 16.5. The van der Waals surface area contributed by atoms with Gasteiger partial charge in [-0.25, -0.2) is 0 Å². The maximum atomic E-state index is 12.2. The van der Waals surface area contributed by atoms with Gasteiger partial charge in [0.25, 0.3) is 5.91 Å². The van der Waals surface area contributed by atoms with Crippen LogP contribution in [0.1, 0.15) is 36.6 Å². The Morgan fingerprint density at radius 3 is 2.68 bits per heavy atom. The molecule has 0 atom stereocenters. The molecule has 0 N–H and O–H groups in total. The summed E-state index contributed by atoms with van der Waals surface area (Å²) >= 11 is 0. The smallest absolute Gasteiger partial charge is 0.261 e. The Labute approximate surface area is 130 Å². The van der Waals surface area contributed by atoms with Crippen molar-refractivity contribution < 1.29 is 9.53 Å². The van der Waals surface area contributed by atoms with Gasteiger partial charge in [0.1, 0.15) is 5.75 Å². The molecule has 4 heteroatoms. The third-order valence-corrected chi connectivity index (χ3v) is 3.95. The summed E-state index contributed by atoms with van der Waals surface area (Å²) in [5, 5.41) is 0. The van der Waals surface area contributed by atoms with Crippen LogP contribution >= 0.6 is 0 Å². The fraction of sp³-hybridized carbons (Fsp3) is 0.333. The number of hydrogen-bond acceptors (Lipinski definition) is 3. The van der Waals surface area contributed by atoms with E-state index in [9.17, 15) is 4.79 Å². The molecule has 0 radical (unpaired) electrons. The summed E-state index contributed by atoms with van der Waals surface area (Å²) in [6.45, 7) is 5.56. The van der Waals surface area contributed by atoms with Crippen LogP contribution in [0.3, 0.4) is 0 Å². The zero-order valence-electron chi connectivity index (χ0n) is 13.0. The van der Waals surface area contributed by atoms with Gasteiger partial charge in [-0.2, -0.15) is 0 Å². The van der Waals surface area contributed by atoms with Crippen LogP contribution in [0.2, 0.25) is 0 Å². The number of benzene rings is 1. The van der Waals surface area contributed by atoms with Crippen LogP contribution in [0.25, 0.3) is 0 Å². The Bertz CT molecular complexity index is 640. The molecule has 22 heavy (non-hydrogen) atoms. The number of rotatable bonds is 4. The summed E-state index contributed by atoms with van der Waals surface area (Å²) in [6.07, 6.45) is 1.76. The van der Waals surface area contributed by atoms with E-state index in [0.29, 0.717) is 19.0 Å². The van der Waals surface area contributed by atoms with Crippen molar-refractivity contribution in [3.05, 3.63) is 59.4 Å². The van der Waals surface area contributed by atoms with E-state index in [1.54, 1.807) is 11.1 Å². The molecule has 0 saturated heterocycles. The molecule has 4 nitrogen and oxygen atoms in total. The Kier molecular flexibility index (Phi) is 4.09. The molecule has 114 valence electrons. The fourth-order valence-corrected chi connectivity index (χ4v) is 2.56. The maximum absolute atomic E-state index is 12.2. The third-order valence-electron chi connectivity index (χ3n) is 3.95. The Balaban J connectivity index is 1.55. The SMILES string of the molecule is CC(C)c1ccc(OCC(=O)N2Cc3cccnc3C2)cc1. The average Bonchev–Trinajstić information content (AvgIpc) is 2.97. The van der Waals surface area contributed by atoms with E-state index in [2.05, 4.69) is 18.8 Å². The fourth-order valence-electron chi connectivity index (χ4n) is 2.56. The number of carbonyl (C=O) groups excluding carboxylic acids is 1. The van der Waals surface area contributed by atoms with Crippen molar-refractivity contribution in [2.75, 3.05) is 6.61 Å². The van der Waals surface area contributed by atoms with E-state index in [4.69, 9.17) is 4.74 Å². The lowest BCUT2D eigenvalue weighted by Gasteiger charge is -2.15. The summed E-state index contributed by atoms with van der Waals surface area (Å²) in [7, 11) is 0. The van der Waals surface area contributed by atoms with Crippen molar-refractivity contribution in [3.63, 3.8) is 0 Å². The minimum Gasteiger partial charge on any atom is -0.484 e. The van der Waals surface area contributed by atoms with Crippen molar-refractivity contribution in [2.24, 2.45) is 0 Å². The summed E-state index contributed by atoms with van der Waals surface area (Å²) in [6, 6.07) is 11.8. The molecule has 1 aromatic heterocycles. The van der Waals surface area contributed by atoms with Gasteiger partial charge >= 0.3 is 0 Å². The third kappa shape index (κ3) is 3.11. The first-order valence-corrected chi connectivity index (χ1v) is 7.57. The molecule has 1 aromatic carbocycles. The standard InChI is InChI=1S/C18H20N2O2/c1-13(2)14-5-7-16(8-6-14)22-12-18(21)20-10-15-4-3-9-19-17(15)11-20/h3-9,13H,10-12H2,1-2H3. The number of pyridine rings is 1. The molecule has 1 aliphatic heterocycles. The Hall–Kier alpha value is -2.36. The number of hydrogen-bond donors (Lipinski definition) is 0. The van der Waals surface area contributed by atoms with E-state index in [0.717, 1.165) is 17.0 Å². The van der Waals surface area contributed by atoms with Crippen LogP contribution in [0.15, 0.2) is 42.6 Å². The van der Waals surface area contributed by atoms with Gasteiger partial charge in [-0.1, -0.05) is 32.0 Å². The van der Waals surface area contributed by atoms with Gasteiger partial charge in [-0.3, -0.25) is 9.78 Å². The lowest BCUT2D eigenvalue weighted by Crippen LogP contribution is -2.30. The lowest BCUT2D eigenvalue weighted by molar-refractivity contribution is -0.134. The Morgan fingerprint density at radius 2 is 2.00 bits per heavy atom. The minimum absolute atomic E-state index is 0.00839. The monoisotopic (exact) mass is 296 g/mol. The molecule has 0 bridgehead atoms. The van der Waals surface area contributed by atoms with Crippen molar-refractivity contribution in [2.45, 2.75) is 32.9 Å². The molecule has 0 spiro atoms. The first-order chi connectivity index (χ1) is 10.6. The van der Waals surface area contributed by atoms with Gasteiger partial charge in [0.15, 0.2) is 6.61 Å². The highest BCUT2D eigenvalue weighted by Crippen LogP contribution is 2.21. The van der Waals surface area contributed by atoms with Crippen molar-refractivity contribution in [1.29, 1.82) is 0 Å². The number of amides is 1. The highest BCUT2D eigenvalue weighted by molar-refractivity contribution is 5.78. The van der Waals surface area contributed by atoms with Gasteiger partial charge in [-0.05, 0) is 35.2 Å². The lowest BCUT2D eigenvalue weighted by atomic mass is 10.0. The van der Waals surface area contributed by atoms with Crippen LogP contribution in [0, 0.1) is 0 Å². The summed E-state index contributed by atoms with van der Waals surface area (Å²) < 4.78 is 5.60. The van der Waals surface area contributed by atoms with Crippen LogP contribution in [0.4, 0.5) is 0 Å². The summed E-state index contributed by atoms with van der Waals surface area (Å²) in [5.41, 5.74) is 3.37. The molecule has 3 rings (SSSR count). The number of nitrogens with zero attached hydrogens (tertiary/aromatic N) is 2. The molecular formula is C18H20N2O2. The molecule has 0 aliphatic carbocycles. The van der Waals surface area contributed by atoms with Gasteiger partial charge in [0, 0.05) is 12.7 Å². The second-order valence-corrected chi connectivity index (χ2v) is 5.87. The first kappa shape index (κ1) is 14.6. The summed E-state index contributed by atoms with van der Waals surface area (Å²) in [5.74, 6) is 1.21. The molecule has 1 amide bonds. The van der Waals surface area contributed by atoms with Crippen LogP contribution in [-0.4, -0.2) is 22.4 Å². The molecular weight excluding hydrogens is 276 g/mol. The van der Waals surface area contributed by atoms with Gasteiger partial charge in [-0.15, -0.1) is 0 Å². The topological polar surface area (TPSA) is 42.4 Å². The molecule has 2 heterocycles. The van der Waals surface area contributed by atoms with Crippen molar-refractivity contribution in [3.8, 4) is 5.75 Å². The molecule has 1 aliphatic rings. The van der Waals surface area contributed by atoms with E-state index >= 15 is 0 Å². The quantitative estimate of drug-likeness (QED) is 0.870. The van der Waals surface area contributed by atoms with Crippen LogP contribution in [-0.2, 0) is 17.9 Å². The molecule has 0 saturated carbocycles.